The molecule has 0 bridgehead atoms. The summed E-state index contributed by atoms with van der Waals surface area (Å²) in [5.41, 5.74) is 3.42. The highest BCUT2D eigenvalue weighted by Gasteiger charge is 2.09. The van der Waals surface area contributed by atoms with E-state index in [1.165, 1.54) is 6.20 Å². The molecule has 0 atom stereocenters. The van der Waals surface area contributed by atoms with E-state index in [9.17, 15) is 9.59 Å². The van der Waals surface area contributed by atoms with Gasteiger partial charge in [0.05, 0.1) is 18.3 Å². The summed E-state index contributed by atoms with van der Waals surface area (Å²) in [5.74, 6) is -0.0985. The quantitative estimate of drug-likeness (QED) is 0.476. The Bertz CT molecular complexity index is 1280. The molecule has 4 rings (SSSR count). The van der Waals surface area contributed by atoms with Crippen molar-refractivity contribution in [2.75, 3.05) is 5.32 Å². The number of rotatable bonds is 6. The fourth-order valence-corrected chi connectivity index (χ4v) is 4.99. The number of hydrogen-bond donors (Lipinski definition) is 1. The third kappa shape index (κ3) is 4.60. The minimum atomic E-state index is -0.118. The molecule has 152 valence electrons. The Morgan fingerprint density at radius 3 is 2.80 bits per heavy atom. The molecule has 0 aliphatic carbocycles. The van der Waals surface area contributed by atoms with E-state index in [0.717, 1.165) is 31.7 Å². The normalized spacial score (nSPS) is 11.0. The van der Waals surface area contributed by atoms with Crippen LogP contribution in [0.4, 0.5) is 5.69 Å². The first-order chi connectivity index (χ1) is 14.5. The minimum Gasteiger partial charge on any atom is -0.326 e. The van der Waals surface area contributed by atoms with Crippen LogP contribution in [0.2, 0.25) is 0 Å². The number of nitrogens with one attached hydrogen (secondary N) is 1. The van der Waals surface area contributed by atoms with E-state index in [4.69, 9.17) is 0 Å². The molecule has 2 heterocycles. The Morgan fingerprint density at radius 1 is 1.20 bits per heavy atom. The van der Waals surface area contributed by atoms with Crippen LogP contribution in [0.25, 0.3) is 10.9 Å². The first-order valence-corrected chi connectivity index (χ1v) is 11.1. The third-order valence-corrected chi connectivity index (χ3v) is 6.63. The minimum absolute atomic E-state index is 0.0985. The summed E-state index contributed by atoms with van der Waals surface area (Å²) in [4.78, 5) is 30.0. The van der Waals surface area contributed by atoms with Gasteiger partial charge in [0.25, 0.3) is 0 Å². The van der Waals surface area contributed by atoms with Gasteiger partial charge in [-0.3, -0.25) is 14.3 Å². The predicted octanol–water partition coefficient (Wildman–Crippen LogP) is 4.65. The van der Waals surface area contributed by atoms with Crippen molar-refractivity contribution in [2.24, 2.45) is 0 Å². The van der Waals surface area contributed by atoms with Crippen LogP contribution in [0.3, 0.4) is 0 Å². The molecule has 0 spiro atoms. The molecule has 0 aliphatic rings. The molecule has 1 amide bonds. The molecule has 0 saturated heterocycles. The lowest BCUT2D eigenvalue weighted by Crippen LogP contribution is -2.18. The van der Waals surface area contributed by atoms with Crippen LogP contribution in [0.15, 0.2) is 68.1 Å². The molecule has 30 heavy (non-hydrogen) atoms. The average Bonchev–Trinajstić information content (AvgIpc) is 3.14. The Balaban J connectivity index is 1.41. The van der Waals surface area contributed by atoms with E-state index in [1.807, 2.05) is 55.6 Å². The van der Waals surface area contributed by atoms with Gasteiger partial charge < -0.3 is 5.32 Å². The molecule has 4 aromatic rings. The maximum Gasteiger partial charge on any atom is 0.226 e. The number of hydrogen-bond acceptors (Lipinski definition) is 6. The Kier molecular flexibility index (Phi) is 5.96. The summed E-state index contributed by atoms with van der Waals surface area (Å²) in [6.07, 6.45) is 1.55. The van der Waals surface area contributed by atoms with Crippen LogP contribution in [-0.2, 0) is 11.3 Å². The van der Waals surface area contributed by atoms with Gasteiger partial charge in [-0.25, -0.2) is 4.98 Å². The maximum atomic E-state index is 12.5. The Hall–Kier alpha value is -2.97. The van der Waals surface area contributed by atoms with Crippen molar-refractivity contribution >= 4 is 45.6 Å². The number of aryl methyl sites for hydroxylation is 3. The average molecular weight is 437 g/mol. The molecule has 2 aromatic heterocycles. The van der Waals surface area contributed by atoms with Crippen molar-refractivity contribution in [3.63, 3.8) is 0 Å². The molecule has 8 heteroatoms. The van der Waals surface area contributed by atoms with Crippen molar-refractivity contribution in [1.82, 2.24) is 14.8 Å². The van der Waals surface area contributed by atoms with Crippen LogP contribution in [0, 0.1) is 13.8 Å². The van der Waals surface area contributed by atoms with E-state index >= 15 is 0 Å². The van der Waals surface area contributed by atoms with Gasteiger partial charge in [-0.1, -0.05) is 23.9 Å². The lowest BCUT2D eigenvalue weighted by Gasteiger charge is -2.11. The Morgan fingerprint density at radius 2 is 2.03 bits per heavy atom. The van der Waals surface area contributed by atoms with Crippen molar-refractivity contribution in [2.45, 2.75) is 36.0 Å². The number of thiazole rings is 1. The predicted molar refractivity (Wildman–Crippen MR) is 121 cm³/mol. The van der Waals surface area contributed by atoms with E-state index in [2.05, 4.69) is 15.4 Å². The molecule has 0 saturated carbocycles. The van der Waals surface area contributed by atoms with E-state index in [0.29, 0.717) is 11.9 Å². The largest absolute Gasteiger partial charge is 0.326 e. The fourth-order valence-electron chi connectivity index (χ4n) is 3.08. The first-order valence-electron chi connectivity index (χ1n) is 9.45. The number of nitrogens with zero attached hydrogens (tertiary/aromatic N) is 3. The summed E-state index contributed by atoms with van der Waals surface area (Å²) >= 11 is 3.24. The number of anilines is 1. The van der Waals surface area contributed by atoms with Crippen molar-refractivity contribution in [3.05, 3.63) is 75.5 Å². The smallest absolute Gasteiger partial charge is 0.226 e. The van der Waals surface area contributed by atoms with E-state index in [-0.39, 0.29) is 17.8 Å². The fraction of sp³-hybridized carbons (Fsp3) is 0.182. The summed E-state index contributed by atoms with van der Waals surface area (Å²) in [6.45, 7) is 4.35. The van der Waals surface area contributed by atoms with Crippen molar-refractivity contribution < 1.29 is 4.79 Å². The molecule has 0 aliphatic heterocycles. The Labute approximate surface area is 182 Å². The summed E-state index contributed by atoms with van der Waals surface area (Å²) < 4.78 is 2.70. The van der Waals surface area contributed by atoms with Gasteiger partial charge >= 0.3 is 0 Å². The number of amides is 1. The second-order valence-corrected chi connectivity index (χ2v) is 9.06. The second kappa shape index (κ2) is 8.81. The van der Waals surface area contributed by atoms with Gasteiger partial charge in [0.1, 0.15) is 0 Å². The number of benzene rings is 2. The monoisotopic (exact) mass is 436 g/mol. The number of aromatic nitrogens is 3. The van der Waals surface area contributed by atoms with Crippen LogP contribution in [-0.4, -0.2) is 20.7 Å². The molecular weight excluding hydrogens is 416 g/mol. The zero-order valence-electron chi connectivity index (χ0n) is 16.6. The molecule has 0 unspecified atom stereocenters. The van der Waals surface area contributed by atoms with Crippen molar-refractivity contribution in [1.29, 1.82) is 0 Å². The van der Waals surface area contributed by atoms with E-state index < -0.39 is 0 Å². The van der Waals surface area contributed by atoms with Gasteiger partial charge in [-0.15, -0.1) is 11.3 Å². The lowest BCUT2D eigenvalue weighted by atomic mass is 10.2. The lowest BCUT2D eigenvalue weighted by molar-refractivity contribution is -0.116. The molecule has 2 aromatic carbocycles. The van der Waals surface area contributed by atoms with Gasteiger partial charge in [0.15, 0.2) is 4.34 Å². The summed E-state index contributed by atoms with van der Waals surface area (Å²) in [6, 6.07) is 13.2. The number of fused-ring (bicyclic) bond motifs is 1. The number of para-hydroxylation sites is 1. The molecule has 1 N–H and O–H groups in total. The third-order valence-electron chi connectivity index (χ3n) is 4.59. The van der Waals surface area contributed by atoms with Gasteiger partial charge in [0.2, 0.25) is 11.3 Å². The zero-order chi connectivity index (χ0) is 21.1. The zero-order valence-corrected chi connectivity index (χ0v) is 18.2. The van der Waals surface area contributed by atoms with Crippen LogP contribution in [0.5, 0.6) is 0 Å². The number of carbonyl (C=O) groups is 1. The SMILES string of the molecule is Cc1csc(Sc2ccc(NC(=O)CCn3ncc(=O)c4ccccc43)c(C)c2)n1. The standard InChI is InChI=1S/C22H20N4O2S2/c1-14-11-16(30-22-24-15(2)13-29-22)7-8-18(14)25-21(28)9-10-26-19-6-4-3-5-17(19)20(27)12-23-26/h3-8,11-13H,9-10H2,1-2H3,(H,25,28). The molecule has 6 nitrogen and oxygen atoms in total. The topological polar surface area (TPSA) is 76.9 Å². The highest BCUT2D eigenvalue weighted by molar-refractivity contribution is 8.01. The summed E-state index contributed by atoms with van der Waals surface area (Å²) in [7, 11) is 0. The molecule has 0 fully saturated rings. The first kappa shape index (κ1) is 20.3. The van der Waals surface area contributed by atoms with Crippen LogP contribution < -0.4 is 10.7 Å². The van der Waals surface area contributed by atoms with E-state index in [1.54, 1.807) is 33.8 Å². The highest BCUT2D eigenvalue weighted by Crippen LogP contribution is 2.32. The van der Waals surface area contributed by atoms with Gasteiger partial charge in [0, 0.05) is 33.5 Å². The highest BCUT2D eigenvalue weighted by atomic mass is 32.2. The maximum absolute atomic E-state index is 12.5. The summed E-state index contributed by atoms with van der Waals surface area (Å²) in [5, 5.41) is 9.78. The molecule has 0 radical (unpaired) electrons. The second-order valence-electron chi connectivity index (χ2n) is 6.88. The molecular formula is C22H20N4O2S2. The van der Waals surface area contributed by atoms with Crippen molar-refractivity contribution in [3.8, 4) is 0 Å². The van der Waals surface area contributed by atoms with Crippen LogP contribution >= 0.6 is 23.1 Å². The van der Waals surface area contributed by atoms with Crippen LogP contribution in [0.1, 0.15) is 17.7 Å². The van der Waals surface area contributed by atoms with Gasteiger partial charge in [-0.2, -0.15) is 5.10 Å². The van der Waals surface area contributed by atoms with Gasteiger partial charge in [-0.05, 0) is 49.7 Å². The number of carbonyl (C=O) groups excluding carboxylic acids is 1.